The molecule has 1 aromatic heterocycles. The highest BCUT2D eigenvalue weighted by molar-refractivity contribution is 7.07. The summed E-state index contributed by atoms with van der Waals surface area (Å²) in [5, 5.41) is 4.08. The minimum Gasteiger partial charge on any atom is -0.412 e. The third kappa shape index (κ3) is 3.45. The maximum atomic E-state index is 2.04. The van der Waals surface area contributed by atoms with Crippen molar-refractivity contribution >= 4 is 11.3 Å². The van der Waals surface area contributed by atoms with Gasteiger partial charge in [-0.2, -0.15) is 11.3 Å². The Hall–Kier alpha value is -0.380. The van der Waals surface area contributed by atoms with E-state index in [-0.39, 0.29) is 11.0 Å². The minimum atomic E-state index is 0. The van der Waals surface area contributed by atoms with Crippen LogP contribution in [0.3, 0.4) is 0 Å². The van der Waals surface area contributed by atoms with Crippen LogP contribution in [0.1, 0.15) is 0 Å². The first-order chi connectivity index (χ1) is 2.50. The van der Waals surface area contributed by atoms with Gasteiger partial charge in [-0.25, -0.2) is 0 Å². The molecule has 4 N–H and O–H groups in total. The Morgan fingerprint density at radius 3 is 1.43 bits per heavy atom. The van der Waals surface area contributed by atoms with Crippen molar-refractivity contribution in [2.75, 3.05) is 0 Å². The summed E-state index contributed by atoms with van der Waals surface area (Å²) in [4.78, 5) is 0. The molecule has 0 bridgehead atoms. The summed E-state index contributed by atoms with van der Waals surface area (Å²) < 4.78 is 0. The maximum Gasteiger partial charge on any atom is -0.00934 e. The quantitative estimate of drug-likeness (QED) is 0.466. The lowest BCUT2D eigenvalue weighted by molar-refractivity contribution is 0.823. The summed E-state index contributed by atoms with van der Waals surface area (Å²) in [6, 6.07) is 4.04. The van der Waals surface area contributed by atoms with E-state index in [9.17, 15) is 0 Å². The predicted molar refractivity (Wildman–Crippen MR) is 31.5 cm³/mol. The van der Waals surface area contributed by atoms with E-state index >= 15 is 0 Å². The molecule has 0 unspecified atom stereocenters. The van der Waals surface area contributed by atoms with E-state index in [2.05, 4.69) is 0 Å². The summed E-state index contributed by atoms with van der Waals surface area (Å²) in [6.45, 7) is 0. The topological polar surface area (TPSA) is 63.0 Å². The van der Waals surface area contributed by atoms with Crippen LogP contribution >= 0.6 is 11.3 Å². The van der Waals surface area contributed by atoms with Crippen LogP contribution in [0.5, 0.6) is 0 Å². The summed E-state index contributed by atoms with van der Waals surface area (Å²) in [6.07, 6.45) is 0. The lowest BCUT2D eigenvalue weighted by atomic mass is 10.7. The molecule has 0 saturated carbocycles. The molecule has 42 valence electrons. The molecule has 0 fully saturated rings. The molecule has 0 spiro atoms. The molecule has 7 heavy (non-hydrogen) atoms. The second kappa shape index (κ2) is 5.62. The summed E-state index contributed by atoms with van der Waals surface area (Å²) in [7, 11) is 0. The van der Waals surface area contributed by atoms with Crippen molar-refractivity contribution in [2.45, 2.75) is 0 Å². The van der Waals surface area contributed by atoms with Gasteiger partial charge in [0.25, 0.3) is 0 Å². The molecule has 1 rings (SSSR count). The molecule has 3 heteroatoms. The number of thiophene rings is 1. The Balaban J connectivity index is 0. The summed E-state index contributed by atoms with van der Waals surface area (Å²) >= 11 is 1.71. The van der Waals surface area contributed by atoms with Crippen LogP contribution < -0.4 is 0 Å². The van der Waals surface area contributed by atoms with Crippen LogP contribution in [0.25, 0.3) is 0 Å². The Morgan fingerprint density at radius 2 is 1.29 bits per heavy atom. The van der Waals surface area contributed by atoms with Gasteiger partial charge in [-0.3, -0.25) is 0 Å². The van der Waals surface area contributed by atoms with Gasteiger partial charge in [-0.1, -0.05) is 12.1 Å². The molecule has 0 saturated heterocycles. The first-order valence-electron chi connectivity index (χ1n) is 1.47. The molecule has 0 amide bonds. The molecule has 0 aliphatic heterocycles. The Morgan fingerprint density at radius 1 is 0.857 bits per heavy atom. The van der Waals surface area contributed by atoms with Crippen molar-refractivity contribution in [2.24, 2.45) is 0 Å². The van der Waals surface area contributed by atoms with Gasteiger partial charge in [-0.15, -0.1) is 0 Å². The van der Waals surface area contributed by atoms with Gasteiger partial charge in [0, 0.05) is 0 Å². The maximum absolute atomic E-state index is 2.04. The molecule has 0 aliphatic rings. The highest BCUT2D eigenvalue weighted by Crippen LogP contribution is 1.91. The zero-order valence-electron chi connectivity index (χ0n) is 3.72. The van der Waals surface area contributed by atoms with E-state index < -0.39 is 0 Å². The van der Waals surface area contributed by atoms with Gasteiger partial charge in [-0.05, 0) is 10.8 Å². The first-order valence-corrected chi connectivity index (χ1v) is 2.41. The van der Waals surface area contributed by atoms with E-state index in [4.69, 9.17) is 0 Å². The Bertz CT molecular complexity index is 66.2. The van der Waals surface area contributed by atoms with Crippen LogP contribution in [0.2, 0.25) is 0 Å². The summed E-state index contributed by atoms with van der Waals surface area (Å²) in [5.41, 5.74) is 0. The highest BCUT2D eigenvalue weighted by atomic mass is 32.1. The molecule has 0 atom stereocenters. The monoisotopic (exact) mass is 120 g/mol. The van der Waals surface area contributed by atoms with Crippen molar-refractivity contribution in [3.05, 3.63) is 22.9 Å². The first kappa shape index (κ1) is 9.80. The smallest absolute Gasteiger partial charge is 0.00934 e. The zero-order valence-corrected chi connectivity index (χ0v) is 4.53. The molecular formula is C4H8O2S. The second-order valence-electron chi connectivity index (χ2n) is 0.793. The van der Waals surface area contributed by atoms with Crippen molar-refractivity contribution in [3.63, 3.8) is 0 Å². The van der Waals surface area contributed by atoms with Gasteiger partial charge in [0.05, 0.1) is 0 Å². The average molecular weight is 120 g/mol. The van der Waals surface area contributed by atoms with E-state index in [1.807, 2.05) is 22.9 Å². The van der Waals surface area contributed by atoms with E-state index in [0.29, 0.717) is 0 Å². The molecule has 0 aliphatic carbocycles. The molecule has 1 heterocycles. The van der Waals surface area contributed by atoms with Crippen molar-refractivity contribution in [1.82, 2.24) is 0 Å². The van der Waals surface area contributed by atoms with Crippen LogP contribution in [-0.2, 0) is 0 Å². The molecule has 1 aromatic rings. The van der Waals surface area contributed by atoms with Gasteiger partial charge in [0.2, 0.25) is 0 Å². The van der Waals surface area contributed by atoms with Crippen LogP contribution in [-0.4, -0.2) is 11.0 Å². The zero-order chi connectivity index (χ0) is 3.54. The van der Waals surface area contributed by atoms with Gasteiger partial charge < -0.3 is 11.0 Å². The Labute approximate surface area is 46.0 Å². The fraction of sp³-hybridized carbons (Fsp3) is 0. The average Bonchev–Trinajstić information content (AvgIpc) is 1.76. The van der Waals surface area contributed by atoms with Crippen molar-refractivity contribution in [3.8, 4) is 0 Å². The van der Waals surface area contributed by atoms with E-state index in [1.165, 1.54) is 0 Å². The normalized spacial score (nSPS) is 5.71. The summed E-state index contributed by atoms with van der Waals surface area (Å²) in [5.74, 6) is 0. The Kier molecular flexibility index (Phi) is 7.86. The highest BCUT2D eigenvalue weighted by Gasteiger charge is 1.58. The van der Waals surface area contributed by atoms with Gasteiger partial charge in [0.1, 0.15) is 0 Å². The second-order valence-corrected chi connectivity index (χ2v) is 1.61. The fourth-order valence-electron chi connectivity index (χ4n) is 0.227. The lowest BCUT2D eigenvalue weighted by Gasteiger charge is -1.39. The van der Waals surface area contributed by atoms with Crippen LogP contribution in [0, 0.1) is 0 Å². The number of hydrogen-bond donors (Lipinski definition) is 0. The van der Waals surface area contributed by atoms with Crippen molar-refractivity contribution < 1.29 is 11.0 Å². The largest absolute Gasteiger partial charge is 0.412 e. The van der Waals surface area contributed by atoms with Crippen LogP contribution in [0.4, 0.5) is 0 Å². The molecule has 0 radical (unpaired) electrons. The lowest BCUT2D eigenvalue weighted by Crippen LogP contribution is -1.16. The van der Waals surface area contributed by atoms with Gasteiger partial charge >= 0.3 is 0 Å². The van der Waals surface area contributed by atoms with Gasteiger partial charge in [0.15, 0.2) is 0 Å². The van der Waals surface area contributed by atoms with E-state index in [1.54, 1.807) is 11.3 Å². The third-order valence-electron chi connectivity index (χ3n) is 0.425. The molecule has 2 nitrogen and oxygen atoms in total. The SMILES string of the molecule is O.O.c1ccsc1. The standard InChI is InChI=1S/C4H4S.2H2O/c1-2-4-5-3-1;;/h1-4H;2*1H2. The third-order valence-corrected chi connectivity index (χ3v) is 1.05. The number of hydrogen-bond acceptors (Lipinski definition) is 1. The fourth-order valence-corrected chi connectivity index (χ4v) is 0.680. The molecule has 0 aromatic carbocycles. The van der Waals surface area contributed by atoms with Crippen LogP contribution in [0.15, 0.2) is 22.9 Å². The van der Waals surface area contributed by atoms with Crippen molar-refractivity contribution in [1.29, 1.82) is 0 Å². The van der Waals surface area contributed by atoms with E-state index in [0.717, 1.165) is 0 Å². The molecular weight excluding hydrogens is 112 g/mol. The number of rotatable bonds is 0. The minimum absolute atomic E-state index is 0. The predicted octanol–water partition coefficient (Wildman–Crippen LogP) is 0.0987.